The van der Waals surface area contributed by atoms with Crippen molar-refractivity contribution in [3.05, 3.63) is 48.0 Å². The van der Waals surface area contributed by atoms with Gasteiger partial charge in [-0.2, -0.15) is 0 Å². The van der Waals surface area contributed by atoms with E-state index in [0.29, 0.717) is 0 Å². The molecule has 0 aliphatic carbocycles. The summed E-state index contributed by atoms with van der Waals surface area (Å²) >= 11 is 0. The third-order valence-corrected chi connectivity index (χ3v) is 2.40. The maximum absolute atomic E-state index is 4.14. The Morgan fingerprint density at radius 1 is 1.40 bits per heavy atom. The molecule has 0 atom stereocenters. The molecule has 78 valence electrons. The molecule has 3 nitrogen and oxygen atoms in total. The van der Waals surface area contributed by atoms with Gasteiger partial charge in [0.2, 0.25) is 0 Å². The van der Waals surface area contributed by atoms with E-state index in [1.807, 2.05) is 38.6 Å². The second-order valence-corrected chi connectivity index (χ2v) is 3.71. The lowest BCUT2D eigenvalue weighted by atomic mass is 10.3. The third kappa shape index (κ3) is 2.37. The molecular formula is C12H15N3. The molecule has 0 saturated heterocycles. The lowest BCUT2D eigenvalue weighted by molar-refractivity contribution is 0.842. The van der Waals surface area contributed by atoms with Crippen LogP contribution in [0.1, 0.15) is 11.3 Å². The molecule has 0 aromatic carbocycles. The molecule has 0 aliphatic rings. The van der Waals surface area contributed by atoms with Gasteiger partial charge in [0.25, 0.3) is 0 Å². The van der Waals surface area contributed by atoms with Crippen molar-refractivity contribution in [2.24, 2.45) is 7.05 Å². The summed E-state index contributed by atoms with van der Waals surface area (Å²) in [4.78, 5) is 4.14. The zero-order valence-electron chi connectivity index (χ0n) is 9.07. The summed E-state index contributed by atoms with van der Waals surface area (Å²) < 4.78 is 2.11. The topological polar surface area (TPSA) is 29.9 Å². The molecule has 0 aliphatic heterocycles. The summed E-state index contributed by atoms with van der Waals surface area (Å²) in [5, 5.41) is 3.35. The van der Waals surface area contributed by atoms with Crippen LogP contribution in [0.2, 0.25) is 0 Å². The van der Waals surface area contributed by atoms with Gasteiger partial charge < -0.3 is 9.88 Å². The van der Waals surface area contributed by atoms with Gasteiger partial charge in [0.1, 0.15) is 0 Å². The van der Waals surface area contributed by atoms with Gasteiger partial charge in [0, 0.05) is 31.3 Å². The highest BCUT2D eigenvalue weighted by atomic mass is 15.0. The van der Waals surface area contributed by atoms with Gasteiger partial charge >= 0.3 is 0 Å². The van der Waals surface area contributed by atoms with Crippen molar-refractivity contribution in [3.8, 4) is 0 Å². The Kier molecular flexibility index (Phi) is 2.72. The summed E-state index contributed by atoms with van der Waals surface area (Å²) in [6.07, 6.45) is 5.75. The number of anilines is 1. The minimum Gasteiger partial charge on any atom is -0.378 e. The van der Waals surface area contributed by atoms with Crippen LogP contribution in [0.25, 0.3) is 0 Å². The van der Waals surface area contributed by atoms with Crippen molar-refractivity contribution in [1.29, 1.82) is 0 Å². The summed E-state index contributed by atoms with van der Waals surface area (Å²) in [5.74, 6) is 0. The average Bonchev–Trinajstić information content (AvgIpc) is 2.61. The predicted molar refractivity (Wildman–Crippen MR) is 61.7 cm³/mol. The first-order valence-corrected chi connectivity index (χ1v) is 5.01. The van der Waals surface area contributed by atoms with Crippen molar-refractivity contribution in [2.45, 2.75) is 13.5 Å². The number of rotatable bonds is 3. The second kappa shape index (κ2) is 4.17. The van der Waals surface area contributed by atoms with Crippen LogP contribution in [0, 0.1) is 6.92 Å². The highest BCUT2D eigenvalue weighted by Gasteiger charge is 1.97. The van der Waals surface area contributed by atoms with Crippen LogP contribution < -0.4 is 5.32 Å². The van der Waals surface area contributed by atoms with Crippen molar-refractivity contribution in [1.82, 2.24) is 9.55 Å². The second-order valence-electron chi connectivity index (χ2n) is 3.71. The number of aromatic nitrogens is 2. The van der Waals surface area contributed by atoms with Crippen molar-refractivity contribution >= 4 is 5.69 Å². The minimum atomic E-state index is 0.828. The SMILES string of the molecule is Cc1cncc(NCc2cccn2C)c1. The molecule has 2 heterocycles. The van der Waals surface area contributed by atoms with Crippen LogP contribution in [0.15, 0.2) is 36.8 Å². The van der Waals surface area contributed by atoms with E-state index in [2.05, 4.69) is 27.0 Å². The Morgan fingerprint density at radius 3 is 2.93 bits per heavy atom. The monoisotopic (exact) mass is 201 g/mol. The Morgan fingerprint density at radius 2 is 2.27 bits per heavy atom. The first-order valence-electron chi connectivity index (χ1n) is 5.01. The smallest absolute Gasteiger partial charge is 0.0553 e. The lowest BCUT2D eigenvalue weighted by Gasteiger charge is -2.07. The maximum Gasteiger partial charge on any atom is 0.0553 e. The zero-order valence-corrected chi connectivity index (χ0v) is 9.07. The van der Waals surface area contributed by atoms with E-state index in [-0.39, 0.29) is 0 Å². The van der Waals surface area contributed by atoms with E-state index in [4.69, 9.17) is 0 Å². The Bertz CT molecular complexity index is 446. The lowest BCUT2D eigenvalue weighted by Crippen LogP contribution is -2.04. The normalized spacial score (nSPS) is 10.3. The van der Waals surface area contributed by atoms with E-state index in [1.54, 1.807) is 0 Å². The molecule has 2 rings (SSSR count). The molecule has 15 heavy (non-hydrogen) atoms. The van der Waals surface area contributed by atoms with Crippen LogP contribution in [0.5, 0.6) is 0 Å². The highest BCUT2D eigenvalue weighted by Crippen LogP contribution is 2.09. The molecule has 2 aromatic rings. The van der Waals surface area contributed by atoms with Gasteiger partial charge in [0.05, 0.1) is 12.2 Å². The molecule has 2 aromatic heterocycles. The molecule has 1 N–H and O–H groups in total. The third-order valence-electron chi connectivity index (χ3n) is 2.40. The van der Waals surface area contributed by atoms with Crippen molar-refractivity contribution in [3.63, 3.8) is 0 Å². The minimum absolute atomic E-state index is 0.828. The summed E-state index contributed by atoms with van der Waals surface area (Å²) in [6, 6.07) is 6.25. The predicted octanol–water partition coefficient (Wildman–Crippen LogP) is 2.34. The summed E-state index contributed by atoms with van der Waals surface area (Å²) in [7, 11) is 2.05. The van der Waals surface area contributed by atoms with Crippen molar-refractivity contribution in [2.75, 3.05) is 5.32 Å². The average molecular weight is 201 g/mol. The maximum atomic E-state index is 4.14. The van der Waals surface area contributed by atoms with E-state index in [0.717, 1.165) is 12.2 Å². The largest absolute Gasteiger partial charge is 0.378 e. The number of nitrogens with one attached hydrogen (secondary N) is 1. The first-order chi connectivity index (χ1) is 7.25. The van der Waals surface area contributed by atoms with Crippen LogP contribution in [0.4, 0.5) is 5.69 Å². The van der Waals surface area contributed by atoms with Gasteiger partial charge in [-0.1, -0.05) is 0 Å². The Hall–Kier alpha value is -1.77. The molecule has 0 bridgehead atoms. The van der Waals surface area contributed by atoms with Crippen LogP contribution >= 0.6 is 0 Å². The highest BCUT2D eigenvalue weighted by molar-refractivity contribution is 5.42. The number of hydrogen-bond donors (Lipinski definition) is 1. The van der Waals surface area contributed by atoms with Crippen LogP contribution in [0.3, 0.4) is 0 Å². The fourth-order valence-corrected chi connectivity index (χ4v) is 1.52. The summed E-state index contributed by atoms with van der Waals surface area (Å²) in [6.45, 7) is 2.87. The first kappa shape index (κ1) is 9.77. The number of pyridine rings is 1. The molecule has 0 radical (unpaired) electrons. The molecule has 0 fully saturated rings. The molecule has 0 unspecified atom stereocenters. The Balaban J connectivity index is 2.02. The fourth-order valence-electron chi connectivity index (χ4n) is 1.52. The van der Waals surface area contributed by atoms with Gasteiger partial charge in [-0.15, -0.1) is 0 Å². The number of hydrogen-bond acceptors (Lipinski definition) is 2. The number of aryl methyl sites for hydroxylation is 2. The van der Waals surface area contributed by atoms with Crippen molar-refractivity contribution < 1.29 is 0 Å². The van der Waals surface area contributed by atoms with Crippen LogP contribution in [-0.4, -0.2) is 9.55 Å². The van der Waals surface area contributed by atoms with Gasteiger partial charge in [-0.3, -0.25) is 4.98 Å². The quantitative estimate of drug-likeness (QED) is 0.826. The number of nitrogens with zero attached hydrogens (tertiary/aromatic N) is 2. The molecule has 0 amide bonds. The van der Waals surface area contributed by atoms with E-state index in [1.165, 1.54) is 11.3 Å². The van der Waals surface area contributed by atoms with Gasteiger partial charge in [-0.05, 0) is 30.7 Å². The summed E-state index contributed by atoms with van der Waals surface area (Å²) in [5.41, 5.74) is 3.50. The fraction of sp³-hybridized carbons (Fsp3) is 0.250. The standard InChI is InChI=1S/C12H15N3/c1-10-6-11(8-13-7-10)14-9-12-4-3-5-15(12)2/h3-8,14H,9H2,1-2H3. The van der Waals surface area contributed by atoms with Gasteiger partial charge in [-0.25, -0.2) is 0 Å². The van der Waals surface area contributed by atoms with E-state index >= 15 is 0 Å². The zero-order chi connectivity index (χ0) is 10.7. The molecular weight excluding hydrogens is 186 g/mol. The van der Waals surface area contributed by atoms with Crippen LogP contribution in [-0.2, 0) is 13.6 Å². The van der Waals surface area contributed by atoms with E-state index in [9.17, 15) is 0 Å². The van der Waals surface area contributed by atoms with E-state index < -0.39 is 0 Å². The molecule has 0 saturated carbocycles. The van der Waals surface area contributed by atoms with Gasteiger partial charge in [0.15, 0.2) is 0 Å². The molecule has 0 spiro atoms. The molecule has 3 heteroatoms. The Labute approximate surface area is 89.8 Å².